The standard InChI is InChI=1S/C17H15N5O/c1-11(2)12-3-5-13(6-4-12)21-8-7-15-14(16(21)23)9-18-17-19-10-20-22(15)17/h3-11H,1-2H3. The van der Waals surface area contributed by atoms with E-state index in [1.807, 2.05) is 18.2 Å². The van der Waals surface area contributed by atoms with Gasteiger partial charge in [-0.25, -0.2) is 4.98 Å². The van der Waals surface area contributed by atoms with Gasteiger partial charge in [-0.1, -0.05) is 26.0 Å². The summed E-state index contributed by atoms with van der Waals surface area (Å²) in [6, 6.07) is 9.88. The number of nitrogens with zero attached hydrogens (tertiary/aromatic N) is 5. The Morgan fingerprint density at radius 1 is 1.04 bits per heavy atom. The van der Waals surface area contributed by atoms with E-state index in [1.165, 1.54) is 11.9 Å². The van der Waals surface area contributed by atoms with E-state index < -0.39 is 0 Å². The number of aromatic nitrogens is 5. The first kappa shape index (κ1) is 13.6. The zero-order chi connectivity index (χ0) is 16.0. The number of hydrogen-bond acceptors (Lipinski definition) is 4. The van der Waals surface area contributed by atoms with E-state index in [4.69, 9.17) is 0 Å². The Hall–Kier alpha value is -3.02. The topological polar surface area (TPSA) is 65.1 Å². The van der Waals surface area contributed by atoms with Crippen molar-refractivity contribution in [2.75, 3.05) is 0 Å². The lowest BCUT2D eigenvalue weighted by molar-refractivity contribution is 0.864. The third kappa shape index (κ3) is 2.11. The van der Waals surface area contributed by atoms with Gasteiger partial charge in [0, 0.05) is 18.1 Å². The molecule has 0 bridgehead atoms. The smallest absolute Gasteiger partial charge is 0.266 e. The normalized spacial score (nSPS) is 11.6. The van der Waals surface area contributed by atoms with Crippen LogP contribution in [-0.4, -0.2) is 24.1 Å². The quantitative estimate of drug-likeness (QED) is 0.571. The largest absolute Gasteiger partial charge is 0.284 e. The second kappa shape index (κ2) is 5.01. The molecule has 114 valence electrons. The van der Waals surface area contributed by atoms with Crippen molar-refractivity contribution in [3.8, 4) is 5.69 Å². The van der Waals surface area contributed by atoms with Crippen molar-refractivity contribution in [1.82, 2.24) is 24.1 Å². The minimum Gasteiger partial charge on any atom is -0.284 e. The summed E-state index contributed by atoms with van der Waals surface area (Å²) in [6.07, 6.45) is 4.74. The molecule has 0 unspecified atom stereocenters. The van der Waals surface area contributed by atoms with Crippen molar-refractivity contribution in [2.24, 2.45) is 0 Å². The Kier molecular flexibility index (Phi) is 2.97. The van der Waals surface area contributed by atoms with E-state index in [9.17, 15) is 4.79 Å². The van der Waals surface area contributed by atoms with E-state index in [1.54, 1.807) is 21.5 Å². The fourth-order valence-corrected chi connectivity index (χ4v) is 2.69. The van der Waals surface area contributed by atoms with Crippen molar-refractivity contribution in [1.29, 1.82) is 0 Å². The van der Waals surface area contributed by atoms with Crippen LogP contribution in [0.3, 0.4) is 0 Å². The van der Waals surface area contributed by atoms with Crippen LogP contribution in [0, 0.1) is 0 Å². The predicted molar refractivity (Wildman–Crippen MR) is 88.0 cm³/mol. The highest BCUT2D eigenvalue weighted by Gasteiger charge is 2.09. The number of rotatable bonds is 2. The van der Waals surface area contributed by atoms with Gasteiger partial charge in [0.2, 0.25) is 0 Å². The van der Waals surface area contributed by atoms with Crippen LogP contribution in [0.1, 0.15) is 25.3 Å². The van der Waals surface area contributed by atoms with Gasteiger partial charge in [0.15, 0.2) is 0 Å². The van der Waals surface area contributed by atoms with Gasteiger partial charge in [-0.3, -0.25) is 9.36 Å². The van der Waals surface area contributed by atoms with Gasteiger partial charge in [0.1, 0.15) is 6.33 Å². The molecular formula is C17H15N5O. The minimum absolute atomic E-state index is 0.121. The average Bonchev–Trinajstić information content (AvgIpc) is 3.04. The van der Waals surface area contributed by atoms with Gasteiger partial charge in [-0.05, 0) is 29.7 Å². The number of pyridine rings is 1. The summed E-state index contributed by atoms with van der Waals surface area (Å²) in [6.45, 7) is 4.29. The van der Waals surface area contributed by atoms with Gasteiger partial charge in [-0.2, -0.15) is 14.6 Å². The Labute approximate surface area is 132 Å². The number of fused-ring (bicyclic) bond motifs is 3. The Balaban J connectivity index is 1.92. The summed E-state index contributed by atoms with van der Waals surface area (Å²) in [5, 5.41) is 4.63. The molecule has 0 saturated carbocycles. The molecule has 0 radical (unpaired) electrons. The van der Waals surface area contributed by atoms with Gasteiger partial charge in [0.25, 0.3) is 11.3 Å². The second-order valence-corrected chi connectivity index (χ2v) is 5.77. The Morgan fingerprint density at radius 2 is 1.83 bits per heavy atom. The molecule has 6 heteroatoms. The molecule has 4 rings (SSSR count). The van der Waals surface area contributed by atoms with Gasteiger partial charge in [0.05, 0.1) is 10.9 Å². The minimum atomic E-state index is -0.121. The molecule has 0 atom stereocenters. The first-order valence-corrected chi connectivity index (χ1v) is 7.45. The summed E-state index contributed by atoms with van der Waals surface area (Å²) in [5.41, 5.74) is 2.66. The SMILES string of the molecule is CC(C)c1ccc(-n2ccc3c(cnc4ncnn43)c2=O)cc1. The molecule has 6 nitrogen and oxygen atoms in total. The van der Waals surface area contributed by atoms with E-state index in [2.05, 4.69) is 41.0 Å². The van der Waals surface area contributed by atoms with Crippen LogP contribution in [0.25, 0.3) is 22.4 Å². The zero-order valence-corrected chi connectivity index (χ0v) is 12.8. The summed E-state index contributed by atoms with van der Waals surface area (Å²) in [4.78, 5) is 21.0. The van der Waals surface area contributed by atoms with Gasteiger partial charge in [-0.15, -0.1) is 0 Å². The molecule has 0 aliphatic carbocycles. The van der Waals surface area contributed by atoms with Crippen LogP contribution in [-0.2, 0) is 0 Å². The van der Waals surface area contributed by atoms with Crippen molar-refractivity contribution in [3.63, 3.8) is 0 Å². The number of hydrogen-bond donors (Lipinski definition) is 0. The molecule has 0 aliphatic rings. The fraction of sp³-hybridized carbons (Fsp3) is 0.176. The van der Waals surface area contributed by atoms with Crippen LogP contribution in [0.15, 0.2) is 53.8 Å². The molecule has 0 spiro atoms. The Morgan fingerprint density at radius 3 is 2.57 bits per heavy atom. The highest BCUT2D eigenvalue weighted by Crippen LogP contribution is 2.17. The van der Waals surface area contributed by atoms with E-state index >= 15 is 0 Å². The lowest BCUT2D eigenvalue weighted by Crippen LogP contribution is -2.18. The molecular weight excluding hydrogens is 290 g/mol. The first-order valence-electron chi connectivity index (χ1n) is 7.45. The Bertz CT molecular complexity index is 1060. The summed E-state index contributed by atoms with van der Waals surface area (Å²) >= 11 is 0. The zero-order valence-electron chi connectivity index (χ0n) is 12.8. The van der Waals surface area contributed by atoms with Gasteiger partial charge >= 0.3 is 0 Å². The van der Waals surface area contributed by atoms with Crippen LogP contribution in [0.4, 0.5) is 0 Å². The van der Waals surface area contributed by atoms with Crippen LogP contribution < -0.4 is 5.56 Å². The molecule has 0 fully saturated rings. The molecule has 1 aromatic carbocycles. The number of benzene rings is 1. The molecule has 0 saturated heterocycles. The summed E-state index contributed by atoms with van der Waals surface area (Å²) < 4.78 is 3.19. The maximum atomic E-state index is 12.8. The lowest BCUT2D eigenvalue weighted by Gasteiger charge is -2.10. The van der Waals surface area contributed by atoms with E-state index in [0.29, 0.717) is 22.6 Å². The molecule has 3 aromatic heterocycles. The highest BCUT2D eigenvalue weighted by atomic mass is 16.1. The molecule has 0 amide bonds. The molecule has 0 aliphatic heterocycles. The first-order chi connectivity index (χ1) is 11.1. The lowest BCUT2D eigenvalue weighted by atomic mass is 10.0. The van der Waals surface area contributed by atoms with Crippen LogP contribution in [0.2, 0.25) is 0 Å². The second-order valence-electron chi connectivity index (χ2n) is 5.77. The highest BCUT2D eigenvalue weighted by molar-refractivity contribution is 5.78. The van der Waals surface area contributed by atoms with Crippen molar-refractivity contribution >= 4 is 16.7 Å². The third-order valence-electron chi connectivity index (χ3n) is 4.01. The van der Waals surface area contributed by atoms with Crippen molar-refractivity contribution in [2.45, 2.75) is 19.8 Å². The molecule has 23 heavy (non-hydrogen) atoms. The third-order valence-corrected chi connectivity index (χ3v) is 4.01. The van der Waals surface area contributed by atoms with Crippen LogP contribution >= 0.6 is 0 Å². The fourth-order valence-electron chi connectivity index (χ4n) is 2.69. The summed E-state index contributed by atoms with van der Waals surface area (Å²) in [7, 11) is 0. The van der Waals surface area contributed by atoms with Crippen molar-refractivity contribution < 1.29 is 0 Å². The van der Waals surface area contributed by atoms with Crippen molar-refractivity contribution in [3.05, 3.63) is 65.0 Å². The van der Waals surface area contributed by atoms with Gasteiger partial charge < -0.3 is 0 Å². The maximum absolute atomic E-state index is 12.8. The monoisotopic (exact) mass is 305 g/mol. The molecule has 0 N–H and O–H groups in total. The maximum Gasteiger partial charge on any atom is 0.266 e. The molecule has 3 heterocycles. The predicted octanol–water partition coefficient (Wildman–Crippen LogP) is 2.55. The van der Waals surface area contributed by atoms with Crippen LogP contribution in [0.5, 0.6) is 0 Å². The average molecular weight is 305 g/mol. The molecule has 4 aromatic rings. The van der Waals surface area contributed by atoms with E-state index in [0.717, 1.165) is 5.69 Å². The van der Waals surface area contributed by atoms with E-state index in [-0.39, 0.29) is 5.56 Å². The summed E-state index contributed by atoms with van der Waals surface area (Å²) in [5.74, 6) is 0.943.